The highest BCUT2D eigenvalue weighted by atomic mass is 32.1. The second kappa shape index (κ2) is 22.6. The molecule has 6 aromatic heterocycles. The van der Waals surface area contributed by atoms with E-state index in [4.69, 9.17) is 0 Å². The first-order chi connectivity index (χ1) is 27.3. The lowest BCUT2D eigenvalue weighted by molar-refractivity contribution is -0.731. The SMILES string of the molecule is Cc1cc(C)[n+](C)s1.Cc1cc[n+](C)c2ccccc12.Cc1ccc2ccccc2[n+]1C.Cc1csc(C)[n+]1C.Cc1n[n+](C)c(C)s1.Cc1sc(N(C)C)n[n+]1C. The molecule has 8 aromatic rings. The Hall–Kier alpha value is -4.56. The lowest BCUT2D eigenvalue weighted by Crippen LogP contribution is -2.32. The van der Waals surface area contributed by atoms with Crippen molar-refractivity contribution in [1.29, 1.82) is 0 Å². The van der Waals surface area contributed by atoms with Gasteiger partial charge in [-0.25, -0.2) is 4.57 Å². The van der Waals surface area contributed by atoms with Crippen molar-refractivity contribution in [2.45, 2.75) is 62.3 Å². The molecule has 0 unspecified atom stereocenters. The van der Waals surface area contributed by atoms with Gasteiger partial charge in [0.05, 0.1) is 10.3 Å². The molecule has 13 heteroatoms. The number of hydrogen-bond acceptors (Lipinski definition) is 7. The Bertz CT molecular complexity index is 2350. The highest BCUT2D eigenvalue weighted by Crippen LogP contribution is 2.15. The van der Waals surface area contributed by atoms with Crippen LogP contribution in [0.2, 0.25) is 0 Å². The summed E-state index contributed by atoms with van der Waals surface area (Å²) in [6.07, 6.45) is 2.09. The Kier molecular flexibility index (Phi) is 18.6. The third kappa shape index (κ3) is 14.1. The number of hydrogen-bond donors (Lipinski definition) is 0. The average Bonchev–Trinajstić information content (AvgIpc) is 3.89. The second-order valence-corrected chi connectivity index (χ2v) is 19.3. The molecule has 0 fully saturated rings. The second-order valence-electron chi connectivity index (χ2n) is 14.3. The molecule has 0 bridgehead atoms. The van der Waals surface area contributed by atoms with Crippen molar-refractivity contribution in [2.75, 3.05) is 19.0 Å². The first kappa shape index (κ1) is 47.8. The van der Waals surface area contributed by atoms with Crippen LogP contribution < -0.4 is 31.9 Å². The van der Waals surface area contributed by atoms with Crippen molar-refractivity contribution in [1.82, 2.24) is 10.2 Å². The van der Waals surface area contributed by atoms with Crippen LogP contribution in [-0.4, -0.2) is 24.3 Å². The lowest BCUT2D eigenvalue weighted by Gasteiger charge is -2.01. The van der Waals surface area contributed by atoms with Crippen molar-refractivity contribution in [3.05, 3.63) is 132 Å². The summed E-state index contributed by atoms with van der Waals surface area (Å²) in [6.45, 7) is 18.9. The van der Waals surface area contributed by atoms with E-state index in [2.05, 4.69) is 196 Å². The monoisotopic (exact) mass is 859 g/mol. The Balaban J connectivity index is 0.000000188. The lowest BCUT2D eigenvalue weighted by atomic mass is 10.1. The number of benzene rings is 2. The summed E-state index contributed by atoms with van der Waals surface area (Å²) in [5.41, 5.74) is 7.88. The zero-order valence-electron chi connectivity index (χ0n) is 37.7. The van der Waals surface area contributed by atoms with Crippen molar-refractivity contribution < 1.29 is 27.0 Å². The van der Waals surface area contributed by atoms with Gasteiger partial charge in [0.15, 0.2) is 49.4 Å². The molecule has 0 aliphatic carbocycles. The molecule has 6 heterocycles. The molecule has 2 aromatic carbocycles. The van der Waals surface area contributed by atoms with Gasteiger partial charge < -0.3 is 4.90 Å². The van der Waals surface area contributed by atoms with Crippen LogP contribution in [0, 0.1) is 62.3 Å². The fourth-order valence-electron chi connectivity index (χ4n) is 5.41. The zero-order valence-corrected chi connectivity index (χ0v) is 41.0. The first-order valence-corrected chi connectivity index (χ1v) is 22.4. The highest BCUT2D eigenvalue weighted by Gasteiger charge is 2.12. The van der Waals surface area contributed by atoms with Crippen LogP contribution in [0.3, 0.4) is 0 Å². The molecule has 0 spiro atoms. The van der Waals surface area contributed by atoms with Gasteiger partial charge in [0.1, 0.15) is 32.7 Å². The smallest absolute Gasteiger partial charge is 0.263 e. The number of pyridine rings is 2. The summed E-state index contributed by atoms with van der Waals surface area (Å²) in [6, 6.07) is 25.5. The molecule has 8 rings (SSSR count). The summed E-state index contributed by atoms with van der Waals surface area (Å²) in [5, 5.41) is 19.2. The van der Waals surface area contributed by atoms with Crippen LogP contribution in [0.1, 0.15) is 47.6 Å². The number of para-hydroxylation sites is 2. The summed E-state index contributed by atoms with van der Waals surface area (Å²) in [5.74, 6) is 0. The van der Waals surface area contributed by atoms with Gasteiger partial charge in [0.25, 0.3) is 15.1 Å². The minimum Gasteiger partial charge on any atom is -0.349 e. The predicted octanol–water partition coefficient (Wildman–Crippen LogP) is 7.25. The molecule has 0 saturated heterocycles. The van der Waals surface area contributed by atoms with E-state index in [-0.39, 0.29) is 0 Å². The fraction of sp³-hybridized carbons (Fsp3) is 0.378. The quantitative estimate of drug-likeness (QED) is 0.164. The average molecular weight is 860 g/mol. The van der Waals surface area contributed by atoms with Gasteiger partial charge in [-0.15, -0.1) is 3.96 Å². The van der Waals surface area contributed by atoms with E-state index in [9.17, 15) is 0 Å². The van der Waals surface area contributed by atoms with Crippen LogP contribution in [0.4, 0.5) is 5.13 Å². The summed E-state index contributed by atoms with van der Waals surface area (Å²) in [4.78, 5) is 3.39. The highest BCUT2D eigenvalue weighted by molar-refractivity contribution is 7.14. The van der Waals surface area contributed by atoms with E-state index in [1.807, 2.05) is 49.4 Å². The molecule has 58 heavy (non-hydrogen) atoms. The zero-order chi connectivity index (χ0) is 43.3. The van der Waals surface area contributed by atoms with Gasteiger partial charge >= 0.3 is 0 Å². The number of anilines is 1. The minimum atomic E-state index is 1.06. The number of fused-ring (bicyclic) bond motifs is 2. The Labute approximate surface area is 363 Å². The van der Waals surface area contributed by atoms with E-state index in [1.54, 1.807) is 45.5 Å². The van der Waals surface area contributed by atoms with Gasteiger partial charge in [-0.3, -0.25) is 0 Å². The topological polar surface area (TPSA) is 52.3 Å². The van der Waals surface area contributed by atoms with Gasteiger partial charge in [-0.05, 0) is 55.9 Å². The van der Waals surface area contributed by atoms with E-state index in [1.165, 1.54) is 64.4 Å². The number of aryl methyl sites for hydroxylation is 14. The molecule has 0 amide bonds. The largest absolute Gasteiger partial charge is 0.349 e. The van der Waals surface area contributed by atoms with Crippen molar-refractivity contribution in [3.63, 3.8) is 0 Å². The third-order valence-corrected chi connectivity index (χ3v) is 13.7. The summed E-state index contributed by atoms with van der Waals surface area (Å²) in [7, 11) is 16.2. The normalized spacial score (nSPS) is 10.2. The standard InChI is InChI=1S/2C11H12N.C6H12N3S.2C6H10NS.C5H9N2S/c1-9-7-8-12(2)11-6-4-3-5-10(9)11;1-9-7-8-10-5-3-4-6-11(10)12(9)2;1-5-9(4)7-6(10-5)8(2)3;1-5-4-8-6(2)7(5)3;1-5-4-6(2)8-7(5)3;1-4-6-7(3)5(2)8-4/h2*3-8H,1-2H3;1-4H3;2*4H,1-3H3;1-3H3/q6*+1. The molecule has 0 saturated carbocycles. The van der Waals surface area contributed by atoms with Gasteiger partial charge in [-0.1, -0.05) is 56.3 Å². The molecule has 308 valence electrons. The summed E-state index contributed by atoms with van der Waals surface area (Å²) >= 11 is 7.00. The maximum atomic E-state index is 4.27. The number of aromatic nitrogens is 8. The van der Waals surface area contributed by atoms with Crippen molar-refractivity contribution in [2.24, 2.45) is 42.3 Å². The Morgan fingerprint density at radius 1 is 0.569 bits per heavy atom. The molecule has 0 N–H and O–H groups in total. The molecule has 0 aliphatic heterocycles. The number of rotatable bonds is 1. The maximum Gasteiger partial charge on any atom is 0.263 e. The Morgan fingerprint density at radius 3 is 1.57 bits per heavy atom. The summed E-state index contributed by atoms with van der Waals surface area (Å²) < 4.78 is 12.5. The van der Waals surface area contributed by atoms with Crippen molar-refractivity contribution in [3.8, 4) is 0 Å². The first-order valence-electron chi connectivity index (χ1n) is 19.1. The molecule has 0 aliphatic rings. The van der Waals surface area contributed by atoms with Gasteiger partial charge in [0.2, 0.25) is 16.0 Å². The predicted molar refractivity (Wildman–Crippen MR) is 245 cm³/mol. The van der Waals surface area contributed by atoms with E-state index in [0.717, 1.165) is 10.1 Å². The van der Waals surface area contributed by atoms with Crippen molar-refractivity contribution >= 4 is 72.5 Å². The van der Waals surface area contributed by atoms with Crippen LogP contribution in [0.15, 0.2) is 84.4 Å². The van der Waals surface area contributed by atoms with Crippen LogP contribution in [0.5, 0.6) is 0 Å². The third-order valence-electron chi connectivity index (χ3n) is 9.53. The van der Waals surface area contributed by atoms with E-state index in [0.29, 0.717) is 0 Å². The Morgan fingerprint density at radius 2 is 1.17 bits per heavy atom. The van der Waals surface area contributed by atoms with Crippen LogP contribution in [-0.2, 0) is 42.3 Å². The maximum absolute atomic E-state index is 4.27. The van der Waals surface area contributed by atoms with Crippen LogP contribution >= 0.6 is 45.5 Å². The van der Waals surface area contributed by atoms with E-state index < -0.39 is 0 Å². The van der Waals surface area contributed by atoms with Gasteiger partial charge in [0, 0.05) is 107 Å². The molecule has 0 radical (unpaired) electrons. The molecule has 9 nitrogen and oxygen atoms in total. The fourth-order valence-corrected chi connectivity index (χ4v) is 8.61. The van der Waals surface area contributed by atoms with Gasteiger partial charge in [-0.2, -0.15) is 9.13 Å². The minimum absolute atomic E-state index is 1.06. The van der Waals surface area contributed by atoms with Crippen LogP contribution in [0.25, 0.3) is 21.8 Å². The molecule has 0 atom stereocenters. The molecular weight excluding hydrogens is 795 g/mol. The molecular formula is C45H65N9S4+6. The van der Waals surface area contributed by atoms with E-state index >= 15 is 0 Å². The number of thiazole rings is 1. The number of nitrogens with zero attached hydrogens (tertiary/aromatic N) is 9.